The van der Waals surface area contributed by atoms with Crippen LogP contribution in [0.3, 0.4) is 0 Å². The third-order valence-corrected chi connectivity index (χ3v) is 4.67. The molecule has 5 nitrogen and oxygen atoms in total. The van der Waals surface area contributed by atoms with Gasteiger partial charge in [-0.2, -0.15) is 5.01 Å². The second-order valence-electron chi connectivity index (χ2n) is 6.12. The number of aryl methyl sites for hydroxylation is 1. The van der Waals surface area contributed by atoms with E-state index in [1.165, 1.54) is 11.9 Å². The number of benzene rings is 2. The first kappa shape index (κ1) is 16.7. The number of carbonyl (C=O) groups excluding carboxylic acids is 1. The first-order chi connectivity index (χ1) is 12.5. The second-order valence-corrected chi connectivity index (χ2v) is 7.03. The van der Waals surface area contributed by atoms with Gasteiger partial charge in [0.1, 0.15) is 0 Å². The van der Waals surface area contributed by atoms with Gasteiger partial charge >= 0.3 is 0 Å². The molecule has 4 rings (SSSR count). The Balaban J connectivity index is 1.82. The molecule has 130 valence electrons. The van der Waals surface area contributed by atoms with E-state index >= 15 is 0 Å². The average molecular weight is 410 g/mol. The molecule has 0 saturated carbocycles. The van der Waals surface area contributed by atoms with Crippen molar-refractivity contribution in [3.8, 4) is 0 Å². The van der Waals surface area contributed by atoms with Crippen LogP contribution in [0.15, 0.2) is 64.2 Å². The summed E-state index contributed by atoms with van der Waals surface area (Å²) in [4.78, 5) is 16.8. The van der Waals surface area contributed by atoms with Gasteiger partial charge in [-0.1, -0.05) is 40.2 Å². The van der Waals surface area contributed by atoms with Crippen LogP contribution in [0.1, 0.15) is 30.0 Å². The molecule has 0 N–H and O–H groups in total. The summed E-state index contributed by atoms with van der Waals surface area (Å²) in [7, 11) is 0. The van der Waals surface area contributed by atoms with Crippen LogP contribution in [0.5, 0.6) is 0 Å². The second kappa shape index (κ2) is 6.53. The number of amides is 1. The fourth-order valence-electron chi connectivity index (χ4n) is 3.05. The third-order valence-electron chi connectivity index (χ3n) is 4.18. The van der Waals surface area contributed by atoms with Gasteiger partial charge in [0.2, 0.25) is 18.0 Å². The fraction of sp³-hybridized carbons (Fsp3) is 0.150. The van der Waals surface area contributed by atoms with Crippen LogP contribution in [-0.4, -0.2) is 21.8 Å². The number of hydrogen-bond donors (Lipinski definition) is 0. The van der Waals surface area contributed by atoms with Crippen molar-refractivity contribution in [2.24, 2.45) is 5.10 Å². The number of aromatic nitrogens is 1. The summed E-state index contributed by atoms with van der Waals surface area (Å²) in [6, 6.07) is 17.4. The number of ether oxygens (including phenoxy) is 1. The molecule has 0 bridgehead atoms. The van der Waals surface area contributed by atoms with Gasteiger partial charge in [0, 0.05) is 33.6 Å². The van der Waals surface area contributed by atoms with Gasteiger partial charge in [-0.05, 0) is 37.3 Å². The molecule has 6 heteroatoms. The molecular formula is C20H16BrN3O2. The lowest BCUT2D eigenvalue weighted by Gasteiger charge is -2.21. The Morgan fingerprint density at radius 3 is 2.73 bits per heavy atom. The molecule has 2 heterocycles. The minimum atomic E-state index is -0.618. The summed E-state index contributed by atoms with van der Waals surface area (Å²) < 4.78 is 7.05. The molecule has 26 heavy (non-hydrogen) atoms. The van der Waals surface area contributed by atoms with Crippen molar-refractivity contribution >= 4 is 38.6 Å². The van der Waals surface area contributed by atoms with Gasteiger partial charge in [-0.3, -0.25) is 9.78 Å². The molecule has 3 aromatic rings. The van der Waals surface area contributed by atoms with Crippen LogP contribution in [0.4, 0.5) is 0 Å². The zero-order valence-corrected chi connectivity index (χ0v) is 15.9. The first-order valence-corrected chi connectivity index (χ1v) is 8.99. The summed E-state index contributed by atoms with van der Waals surface area (Å²) in [6.07, 6.45) is -0.618. The highest BCUT2D eigenvalue weighted by atomic mass is 79.9. The van der Waals surface area contributed by atoms with E-state index < -0.39 is 6.23 Å². The highest BCUT2D eigenvalue weighted by molar-refractivity contribution is 9.10. The highest BCUT2D eigenvalue weighted by Gasteiger charge is 2.34. The van der Waals surface area contributed by atoms with E-state index in [1.807, 2.05) is 61.5 Å². The highest BCUT2D eigenvalue weighted by Crippen LogP contribution is 2.34. The van der Waals surface area contributed by atoms with Gasteiger partial charge in [0.05, 0.1) is 5.52 Å². The van der Waals surface area contributed by atoms with E-state index in [0.29, 0.717) is 5.90 Å². The molecular weight excluding hydrogens is 394 g/mol. The minimum absolute atomic E-state index is 0.182. The molecule has 1 aromatic heterocycles. The Kier molecular flexibility index (Phi) is 4.20. The van der Waals surface area contributed by atoms with Crippen LogP contribution in [-0.2, 0) is 9.53 Å². The minimum Gasteiger partial charge on any atom is -0.446 e. The Hall–Kier alpha value is -2.73. The summed E-state index contributed by atoms with van der Waals surface area (Å²) in [5.41, 5.74) is 3.41. The number of carbonyl (C=O) groups is 1. The van der Waals surface area contributed by atoms with Crippen LogP contribution in [0.25, 0.3) is 10.9 Å². The van der Waals surface area contributed by atoms with Gasteiger partial charge in [-0.15, -0.1) is 5.10 Å². The number of nitrogens with zero attached hydrogens (tertiary/aromatic N) is 3. The lowest BCUT2D eigenvalue weighted by atomic mass is 10.1. The van der Waals surface area contributed by atoms with E-state index in [-0.39, 0.29) is 5.91 Å². The molecule has 0 saturated heterocycles. The quantitative estimate of drug-likeness (QED) is 0.623. The largest absolute Gasteiger partial charge is 0.446 e. The topological polar surface area (TPSA) is 54.8 Å². The van der Waals surface area contributed by atoms with Gasteiger partial charge < -0.3 is 4.74 Å². The van der Waals surface area contributed by atoms with Crippen LogP contribution >= 0.6 is 15.9 Å². The maximum atomic E-state index is 12.2. The Labute approximate surface area is 159 Å². The summed E-state index contributed by atoms with van der Waals surface area (Å²) in [6.45, 7) is 3.42. The first-order valence-electron chi connectivity index (χ1n) is 8.20. The zero-order valence-electron chi connectivity index (χ0n) is 14.3. The number of halogens is 1. The zero-order chi connectivity index (χ0) is 18.3. The number of rotatable bonds is 2. The molecule has 1 atom stereocenters. The molecule has 2 aromatic carbocycles. The predicted molar refractivity (Wildman–Crippen MR) is 104 cm³/mol. The maximum Gasteiger partial charge on any atom is 0.243 e. The van der Waals surface area contributed by atoms with E-state index in [4.69, 9.17) is 4.74 Å². The Morgan fingerprint density at radius 1 is 1.15 bits per heavy atom. The smallest absolute Gasteiger partial charge is 0.243 e. The Bertz CT molecular complexity index is 1050. The average Bonchev–Trinajstić information content (AvgIpc) is 3.06. The lowest BCUT2D eigenvalue weighted by Crippen LogP contribution is -2.25. The van der Waals surface area contributed by atoms with Gasteiger partial charge in [0.25, 0.3) is 0 Å². The lowest BCUT2D eigenvalue weighted by molar-refractivity contribution is -0.135. The number of para-hydroxylation sites is 1. The molecule has 1 aliphatic rings. The fourth-order valence-corrected chi connectivity index (χ4v) is 3.45. The molecule has 1 aliphatic heterocycles. The maximum absolute atomic E-state index is 12.2. The van der Waals surface area contributed by atoms with Crippen molar-refractivity contribution in [3.05, 3.63) is 75.9 Å². The Morgan fingerprint density at radius 2 is 1.96 bits per heavy atom. The van der Waals surface area contributed by atoms with Crippen molar-refractivity contribution in [1.29, 1.82) is 0 Å². The van der Waals surface area contributed by atoms with Crippen molar-refractivity contribution in [2.45, 2.75) is 20.1 Å². The standard InChI is InChI=1S/C20H16BrN3O2/c1-12-10-17(16-8-3-4-9-18(16)22-12)20-24(13(2)25)23-19(26-20)14-6-5-7-15(21)11-14/h3-11,20H,1-2H3/t20-/m1/s1. The summed E-state index contributed by atoms with van der Waals surface area (Å²) in [5, 5.41) is 6.76. The van der Waals surface area contributed by atoms with E-state index in [9.17, 15) is 4.79 Å². The summed E-state index contributed by atoms with van der Waals surface area (Å²) >= 11 is 3.46. The number of hydrogen-bond acceptors (Lipinski definition) is 4. The van der Waals surface area contributed by atoms with Crippen LogP contribution in [0, 0.1) is 6.92 Å². The molecule has 0 spiro atoms. The normalized spacial score (nSPS) is 16.5. The van der Waals surface area contributed by atoms with E-state index in [1.54, 1.807) is 0 Å². The van der Waals surface area contributed by atoms with E-state index in [2.05, 4.69) is 26.0 Å². The van der Waals surface area contributed by atoms with Crippen LogP contribution in [0.2, 0.25) is 0 Å². The SMILES string of the molecule is CC(=O)N1N=C(c2cccc(Br)c2)O[C@@H]1c1cc(C)nc2ccccc12. The van der Waals surface area contributed by atoms with Crippen LogP contribution < -0.4 is 0 Å². The molecule has 0 aliphatic carbocycles. The predicted octanol–water partition coefficient (Wildman–Crippen LogP) is 4.54. The summed E-state index contributed by atoms with van der Waals surface area (Å²) in [5.74, 6) is 0.239. The van der Waals surface area contributed by atoms with Gasteiger partial charge in [0.15, 0.2) is 0 Å². The van der Waals surface area contributed by atoms with Crippen molar-refractivity contribution < 1.29 is 9.53 Å². The van der Waals surface area contributed by atoms with Crippen molar-refractivity contribution in [2.75, 3.05) is 0 Å². The third kappa shape index (κ3) is 2.97. The molecule has 0 radical (unpaired) electrons. The van der Waals surface area contributed by atoms with E-state index in [0.717, 1.165) is 32.2 Å². The molecule has 0 fully saturated rings. The van der Waals surface area contributed by atoms with Gasteiger partial charge in [-0.25, -0.2) is 0 Å². The molecule has 1 amide bonds. The van der Waals surface area contributed by atoms with Crippen molar-refractivity contribution in [3.63, 3.8) is 0 Å². The monoisotopic (exact) mass is 409 g/mol. The number of fused-ring (bicyclic) bond motifs is 1. The number of hydrazone groups is 1. The molecule has 0 unspecified atom stereocenters. The van der Waals surface area contributed by atoms with Crippen molar-refractivity contribution in [1.82, 2.24) is 9.99 Å². The number of pyridine rings is 1.